The van der Waals surface area contributed by atoms with Crippen molar-refractivity contribution in [1.82, 2.24) is 0 Å². The Labute approximate surface area is 267 Å². The monoisotopic (exact) mass is 702 g/mol. The van der Waals surface area contributed by atoms with E-state index in [1.165, 1.54) is 52.1 Å². The molecule has 5 aliphatic rings. The second kappa shape index (κ2) is 16.9. The van der Waals surface area contributed by atoms with Gasteiger partial charge >= 0.3 is 5.97 Å². The molecule has 0 radical (unpaired) electrons. The summed E-state index contributed by atoms with van der Waals surface area (Å²) < 4.78 is 37.4. The minimum atomic E-state index is -0.128. The molecule has 6 unspecified atom stereocenters. The van der Waals surface area contributed by atoms with Gasteiger partial charge in [-0.1, -0.05) is 60.9 Å². The first kappa shape index (κ1) is 33.1. The molecule has 0 aromatic heterocycles. The fourth-order valence-corrected chi connectivity index (χ4v) is 9.02. The summed E-state index contributed by atoms with van der Waals surface area (Å²) in [6, 6.07) is 0. The Kier molecular flexibility index (Phi) is 13.3. The predicted octanol–water partition coefficient (Wildman–Crippen LogP) is 7.52. The number of esters is 1. The van der Waals surface area contributed by atoms with Crippen LogP contribution in [0.5, 0.6) is 0 Å². The Morgan fingerprint density at radius 1 is 1.00 bits per heavy atom. The highest BCUT2D eigenvalue weighted by Crippen LogP contribution is 2.48. The van der Waals surface area contributed by atoms with Crippen molar-refractivity contribution in [2.45, 2.75) is 151 Å². The van der Waals surface area contributed by atoms with Gasteiger partial charge in [0, 0.05) is 35.9 Å². The van der Waals surface area contributed by atoms with Gasteiger partial charge in [0.2, 0.25) is 0 Å². The number of halogens is 1. The maximum Gasteiger partial charge on any atom is 0.305 e. The lowest BCUT2D eigenvalue weighted by Gasteiger charge is -2.31. The zero-order chi connectivity index (χ0) is 29.3. The van der Waals surface area contributed by atoms with Gasteiger partial charge in [0.15, 0.2) is 12.6 Å². The molecule has 0 N–H and O–H groups in total. The second-order valence-corrected chi connectivity index (χ2v) is 15.0. The fourth-order valence-electron chi connectivity index (χ4n) is 8.11. The van der Waals surface area contributed by atoms with Crippen LogP contribution >= 0.6 is 22.6 Å². The van der Waals surface area contributed by atoms with E-state index in [0.717, 1.165) is 70.5 Å². The van der Waals surface area contributed by atoms with Crippen LogP contribution in [0.3, 0.4) is 0 Å². The summed E-state index contributed by atoms with van der Waals surface area (Å²) in [6.45, 7) is 3.91. The van der Waals surface area contributed by atoms with Gasteiger partial charge < -0.3 is 28.4 Å². The number of methoxy groups -OCH3 is 1. The van der Waals surface area contributed by atoms with E-state index in [4.69, 9.17) is 28.4 Å². The molecule has 42 heavy (non-hydrogen) atoms. The van der Waals surface area contributed by atoms with E-state index in [9.17, 15) is 4.79 Å². The lowest BCUT2D eigenvalue weighted by atomic mass is 9.88. The first-order valence-corrected chi connectivity index (χ1v) is 18.4. The molecule has 3 saturated heterocycles. The van der Waals surface area contributed by atoms with Gasteiger partial charge in [-0.05, 0) is 88.4 Å². The molecule has 2 aliphatic carbocycles. The van der Waals surface area contributed by atoms with Crippen molar-refractivity contribution in [3.63, 3.8) is 0 Å². The van der Waals surface area contributed by atoms with E-state index in [2.05, 4.69) is 41.7 Å². The zero-order valence-corrected chi connectivity index (χ0v) is 28.1. The molecule has 0 amide bonds. The average Bonchev–Trinajstić information content (AvgIpc) is 3.72. The molecular weight excluding hydrogens is 647 g/mol. The summed E-state index contributed by atoms with van der Waals surface area (Å²) in [5.41, 5.74) is 0. The van der Waals surface area contributed by atoms with E-state index < -0.39 is 0 Å². The smallest absolute Gasteiger partial charge is 0.305 e. The van der Waals surface area contributed by atoms with Crippen molar-refractivity contribution in [2.24, 2.45) is 23.7 Å². The van der Waals surface area contributed by atoms with Crippen LogP contribution in [0.25, 0.3) is 0 Å². The molecule has 5 rings (SSSR count). The summed E-state index contributed by atoms with van der Waals surface area (Å²) in [7, 11) is 1.46. The van der Waals surface area contributed by atoms with Crippen molar-refractivity contribution in [1.29, 1.82) is 0 Å². The molecule has 0 spiro atoms. The molecule has 0 bridgehead atoms. The van der Waals surface area contributed by atoms with E-state index in [-0.39, 0.29) is 48.9 Å². The van der Waals surface area contributed by atoms with Crippen LogP contribution in [0.4, 0.5) is 0 Å². The molecule has 11 atom stereocenters. The normalized spacial score (nSPS) is 38.5. The van der Waals surface area contributed by atoms with Crippen molar-refractivity contribution < 1.29 is 33.2 Å². The van der Waals surface area contributed by atoms with Crippen LogP contribution in [0.15, 0.2) is 12.2 Å². The third-order valence-corrected chi connectivity index (χ3v) is 11.8. The topological polar surface area (TPSA) is 72.5 Å². The van der Waals surface area contributed by atoms with E-state index >= 15 is 0 Å². The van der Waals surface area contributed by atoms with Gasteiger partial charge in [0.1, 0.15) is 0 Å². The quantitative estimate of drug-likeness (QED) is 0.0803. The number of carbonyl (C=O) groups excluding carboxylic acids is 1. The third-order valence-electron chi connectivity index (χ3n) is 10.4. The number of hydrogen-bond acceptors (Lipinski definition) is 7. The molecular formula is C34H55IO7. The number of ether oxygens (including phenoxy) is 6. The van der Waals surface area contributed by atoms with E-state index in [0.29, 0.717) is 22.2 Å². The Morgan fingerprint density at radius 3 is 2.50 bits per heavy atom. The second-order valence-electron chi connectivity index (χ2n) is 13.4. The highest BCUT2D eigenvalue weighted by Gasteiger charge is 2.51. The van der Waals surface area contributed by atoms with Gasteiger partial charge in [0.25, 0.3) is 0 Å². The molecule has 3 heterocycles. The van der Waals surface area contributed by atoms with Crippen LogP contribution < -0.4 is 0 Å². The first-order chi connectivity index (χ1) is 20.5. The standard InChI is InChI=1S/C34H55IO7/c1-3-9-23-14-15-24(20-23)28(41-33-12-4-6-18-38-33)17-16-25-26-21-31(27(35)10-8-11-32(36)37-2)40-30(26)22-29(25)42-34-13-5-7-19-39-34/h16-17,23-31,33-34H,3-15,18-22H2,1-2H3/b17-16+/t23?,24?,25-,26-,27?,28-,29-,30-,31?,33?,34?/m1/s1. The van der Waals surface area contributed by atoms with Gasteiger partial charge in [0.05, 0.1) is 31.5 Å². The van der Waals surface area contributed by atoms with Crippen LogP contribution in [0, 0.1) is 23.7 Å². The maximum atomic E-state index is 11.6. The molecule has 7 nitrogen and oxygen atoms in total. The van der Waals surface area contributed by atoms with Crippen molar-refractivity contribution in [3.8, 4) is 0 Å². The Balaban J connectivity index is 1.27. The van der Waals surface area contributed by atoms with Crippen molar-refractivity contribution in [2.75, 3.05) is 20.3 Å². The fraction of sp³-hybridized carbons (Fsp3) is 0.912. The predicted molar refractivity (Wildman–Crippen MR) is 170 cm³/mol. The molecule has 240 valence electrons. The maximum absolute atomic E-state index is 11.6. The highest BCUT2D eigenvalue weighted by molar-refractivity contribution is 14.1. The number of carbonyl (C=O) groups is 1. The summed E-state index contributed by atoms with van der Waals surface area (Å²) in [6.07, 6.45) is 22.5. The van der Waals surface area contributed by atoms with Crippen molar-refractivity contribution >= 4 is 28.6 Å². The lowest BCUT2D eigenvalue weighted by Crippen LogP contribution is -2.33. The van der Waals surface area contributed by atoms with E-state index in [1.807, 2.05) is 0 Å². The first-order valence-electron chi connectivity index (χ1n) is 17.1. The summed E-state index contributed by atoms with van der Waals surface area (Å²) in [4.78, 5) is 11.6. The lowest BCUT2D eigenvalue weighted by molar-refractivity contribution is -0.194. The van der Waals surface area contributed by atoms with Crippen LogP contribution in [-0.4, -0.2) is 67.2 Å². The van der Waals surface area contributed by atoms with Crippen LogP contribution in [-0.2, 0) is 33.2 Å². The Bertz CT molecular complexity index is 842. The number of hydrogen-bond donors (Lipinski definition) is 0. The SMILES string of the molecule is CCCC1CCC([C@@H](/C=C/[C@@H]2[C@H]3CC(C(I)CCCC(=O)OC)O[C@@H]3C[C@H]2OC2CCCCO2)OC2CCCCO2)C1. The highest BCUT2D eigenvalue weighted by atomic mass is 127. The van der Waals surface area contributed by atoms with Gasteiger partial charge in [-0.2, -0.15) is 0 Å². The van der Waals surface area contributed by atoms with Gasteiger partial charge in [-0.25, -0.2) is 0 Å². The molecule has 2 saturated carbocycles. The minimum absolute atomic E-state index is 0.0819. The van der Waals surface area contributed by atoms with Crippen molar-refractivity contribution in [3.05, 3.63) is 12.2 Å². The zero-order valence-electron chi connectivity index (χ0n) is 26.0. The Hall–Kier alpha value is -0.260. The number of alkyl halides is 1. The Morgan fingerprint density at radius 2 is 1.79 bits per heavy atom. The molecule has 0 aromatic rings. The third kappa shape index (κ3) is 9.15. The summed E-state index contributed by atoms with van der Waals surface area (Å²) >= 11 is 2.54. The molecule has 3 aliphatic heterocycles. The number of fused-ring (bicyclic) bond motifs is 1. The van der Waals surface area contributed by atoms with Gasteiger partial charge in [-0.15, -0.1) is 0 Å². The van der Waals surface area contributed by atoms with Gasteiger partial charge in [-0.3, -0.25) is 4.79 Å². The average molecular weight is 703 g/mol. The minimum Gasteiger partial charge on any atom is -0.469 e. The van der Waals surface area contributed by atoms with Crippen LogP contribution in [0.2, 0.25) is 0 Å². The van der Waals surface area contributed by atoms with Crippen LogP contribution in [0.1, 0.15) is 110 Å². The number of rotatable bonds is 14. The molecule has 5 fully saturated rings. The molecule has 8 heteroatoms. The van der Waals surface area contributed by atoms with E-state index in [1.54, 1.807) is 0 Å². The largest absolute Gasteiger partial charge is 0.469 e. The summed E-state index contributed by atoms with van der Waals surface area (Å²) in [5.74, 6) is 1.97. The summed E-state index contributed by atoms with van der Waals surface area (Å²) in [5, 5.41) is 0. The molecule has 0 aromatic carbocycles.